The molecule has 0 saturated carbocycles. The molecule has 1 aliphatic heterocycles. The number of halogens is 12. The molecule has 11 rings (SSSR count). The maximum absolute atomic E-state index is 15.6. The van der Waals surface area contributed by atoms with Crippen molar-refractivity contribution in [2.75, 3.05) is 4.90 Å². The van der Waals surface area contributed by atoms with Crippen molar-refractivity contribution in [1.29, 1.82) is 0 Å². The van der Waals surface area contributed by atoms with E-state index in [0.29, 0.717) is 46.5 Å². The number of hydrogen-bond donors (Lipinski definition) is 0. The summed E-state index contributed by atoms with van der Waals surface area (Å²) in [6.45, 7) is 0. The van der Waals surface area contributed by atoms with Gasteiger partial charge >= 0.3 is 24.7 Å². The summed E-state index contributed by atoms with van der Waals surface area (Å²) in [7, 11) is 0. The quantitative estimate of drug-likeness (QED) is 0.118. The van der Waals surface area contributed by atoms with Crippen LogP contribution in [0.15, 0.2) is 194 Å². The van der Waals surface area contributed by atoms with Crippen LogP contribution in [0, 0.1) is 0 Å². The highest BCUT2D eigenvalue weighted by atomic mass is 19.4. The molecule has 2 heterocycles. The molecule has 0 fully saturated rings. The summed E-state index contributed by atoms with van der Waals surface area (Å²) in [5.74, 6) is -1.52. The van der Waals surface area contributed by atoms with Gasteiger partial charge in [0.2, 0.25) is 0 Å². The van der Waals surface area contributed by atoms with Crippen molar-refractivity contribution in [3.63, 3.8) is 0 Å². The second-order valence-electron chi connectivity index (χ2n) is 18.0. The minimum Gasteiger partial charge on any atom is -0.308 e. The van der Waals surface area contributed by atoms with Crippen LogP contribution in [0.5, 0.6) is 0 Å². The lowest BCUT2D eigenvalue weighted by Crippen LogP contribution is -2.30. The smallest absolute Gasteiger partial charge is 0.308 e. The summed E-state index contributed by atoms with van der Waals surface area (Å²) >= 11 is 0. The summed E-state index contributed by atoms with van der Waals surface area (Å²) in [6, 6.07) is 45.4. The van der Waals surface area contributed by atoms with E-state index in [1.54, 1.807) is 24.3 Å². The normalized spacial score (nSPS) is 13.3. The number of nitrogens with zero attached hydrogens (tertiary/aromatic N) is 2. The van der Waals surface area contributed by atoms with Gasteiger partial charge < -0.3 is 4.57 Å². The molecule has 0 unspecified atom stereocenters. The van der Waals surface area contributed by atoms with Crippen molar-refractivity contribution in [2.45, 2.75) is 24.7 Å². The van der Waals surface area contributed by atoms with E-state index < -0.39 is 69.9 Å². The fourth-order valence-electron chi connectivity index (χ4n) is 10.0. The van der Waals surface area contributed by atoms with Crippen molar-refractivity contribution in [2.24, 2.45) is 0 Å². The van der Waals surface area contributed by atoms with Gasteiger partial charge in [-0.15, -0.1) is 0 Å². The van der Waals surface area contributed by atoms with E-state index >= 15 is 9.59 Å². The van der Waals surface area contributed by atoms with Gasteiger partial charge in [-0.05, 0) is 117 Å². The summed E-state index contributed by atoms with van der Waals surface area (Å²) in [6.07, 6.45) is -20.9. The average molecular weight is 1040 g/mol. The van der Waals surface area contributed by atoms with Gasteiger partial charge in [-0.3, -0.25) is 9.59 Å². The lowest BCUT2D eigenvalue weighted by Gasteiger charge is -2.24. The van der Waals surface area contributed by atoms with E-state index in [1.807, 2.05) is 78.9 Å². The number of imide groups is 1. The van der Waals surface area contributed by atoms with Crippen LogP contribution >= 0.6 is 0 Å². The maximum atomic E-state index is 15.6. The van der Waals surface area contributed by atoms with Crippen LogP contribution in [0.2, 0.25) is 0 Å². The highest BCUT2D eigenvalue weighted by Crippen LogP contribution is 2.49. The van der Waals surface area contributed by atoms with Gasteiger partial charge in [0.1, 0.15) is 0 Å². The zero-order valence-corrected chi connectivity index (χ0v) is 38.7. The number of amides is 2. The molecule has 2 amide bonds. The summed E-state index contributed by atoms with van der Waals surface area (Å²) in [5, 5.41) is 0.0339. The Hall–Kier alpha value is -8.92. The zero-order valence-electron chi connectivity index (χ0n) is 38.7. The van der Waals surface area contributed by atoms with E-state index in [1.165, 1.54) is 59.2 Å². The first-order chi connectivity index (χ1) is 36.1. The zero-order chi connectivity index (χ0) is 53.6. The Bertz CT molecular complexity index is 3780. The summed E-state index contributed by atoms with van der Waals surface area (Å²) in [4.78, 5) is 31.8. The Balaban J connectivity index is 1.16. The molecule has 16 heteroatoms. The summed E-state index contributed by atoms with van der Waals surface area (Å²) < 4.78 is 172. The van der Waals surface area contributed by atoms with Crippen LogP contribution in [0.1, 0.15) is 43.0 Å². The number of hydrogen-bond acceptors (Lipinski definition) is 2. The largest absolute Gasteiger partial charge is 0.417 e. The number of benzene rings is 9. The number of rotatable bonds is 7. The van der Waals surface area contributed by atoms with Gasteiger partial charge in [0.25, 0.3) is 11.8 Å². The second kappa shape index (κ2) is 17.9. The molecule has 1 aromatic heterocycles. The number of alkyl halides is 12. The van der Waals surface area contributed by atoms with E-state index in [-0.39, 0.29) is 67.6 Å². The van der Waals surface area contributed by atoms with Crippen LogP contribution < -0.4 is 4.90 Å². The molecule has 0 bridgehead atoms. The molecular formula is C60H32F12N2O2. The third-order valence-corrected chi connectivity index (χ3v) is 13.4. The molecule has 0 saturated heterocycles. The lowest BCUT2D eigenvalue weighted by atomic mass is 9.90. The first-order valence-corrected chi connectivity index (χ1v) is 23.1. The minimum atomic E-state index is -5.31. The molecule has 1 aliphatic rings. The van der Waals surface area contributed by atoms with Crippen LogP contribution in [-0.2, 0) is 24.7 Å². The average Bonchev–Trinajstić information content (AvgIpc) is 3.92. The summed E-state index contributed by atoms with van der Waals surface area (Å²) in [5.41, 5.74) is -4.05. The Morgan fingerprint density at radius 3 is 1.17 bits per heavy atom. The Morgan fingerprint density at radius 1 is 0.316 bits per heavy atom. The Labute approximate surface area is 423 Å². The van der Waals surface area contributed by atoms with E-state index in [4.69, 9.17) is 0 Å². The molecule has 0 N–H and O–H groups in total. The number of aromatic nitrogens is 1. The Kier molecular flexibility index (Phi) is 11.6. The predicted octanol–water partition coefficient (Wildman–Crippen LogP) is 18.0. The van der Waals surface area contributed by atoms with Crippen LogP contribution in [-0.4, -0.2) is 16.4 Å². The fraction of sp³-hybridized carbons (Fsp3) is 0.0667. The molecule has 0 atom stereocenters. The van der Waals surface area contributed by atoms with Crippen LogP contribution in [0.4, 0.5) is 58.4 Å². The van der Waals surface area contributed by atoms with E-state index in [0.717, 1.165) is 16.0 Å². The fourth-order valence-corrected chi connectivity index (χ4v) is 10.0. The molecular weight excluding hydrogens is 1010 g/mol. The third-order valence-electron chi connectivity index (χ3n) is 13.4. The van der Waals surface area contributed by atoms with E-state index in [2.05, 4.69) is 0 Å². The standard InChI is InChI=1S/C60H32F12N2O2/c61-57(62,63)39-21-23-41(48(31-39)59(67,68)69)36-19-25-50-46(27-36)47-28-37(42-24-22-40(58(64,65)66)32-49(42)60(70,71)72)20-26-51(47)73(50)52-18-10-17-43-53(52)56(76)74(55(43)75)54-44(34-13-6-2-7-14-34)29-38(33-11-4-1-5-12-33)30-45(54)35-15-8-3-9-16-35/h1-32H. The topological polar surface area (TPSA) is 42.3 Å². The Morgan fingerprint density at radius 2 is 0.750 bits per heavy atom. The van der Waals surface area contributed by atoms with Crippen molar-refractivity contribution >= 4 is 39.3 Å². The first-order valence-electron chi connectivity index (χ1n) is 23.1. The van der Waals surface area contributed by atoms with Crippen LogP contribution in [0.3, 0.4) is 0 Å². The maximum Gasteiger partial charge on any atom is 0.417 e. The highest BCUT2D eigenvalue weighted by Gasteiger charge is 2.43. The molecule has 0 aliphatic carbocycles. The highest BCUT2D eigenvalue weighted by molar-refractivity contribution is 6.37. The van der Waals surface area contributed by atoms with Crippen molar-refractivity contribution < 1.29 is 62.3 Å². The lowest BCUT2D eigenvalue weighted by molar-refractivity contribution is -0.144. The van der Waals surface area contributed by atoms with Gasteiger partial charge in [0.05, 0.1) is 55.8 Å². The number of carbonyl (C=O) groups is 2. The molecule has 0 spiro atoms. The molecule has 9 aromatic carbocycles. The molecule has 378 valence electrons. The molecule has 10 aromatic rings. The van der Waals surface area contributed by atoms with Crippen molar-refractivity contribution in [3.05, 3.63) is 228 Å². The molecule has 0 radical (unpaired) electrons. The SMILES string of the molecule is O=C1c2cccc(-n3c4ccc(-c5ccc(C(F)(F)F)cc5C(F)(F)F)cc4c4cc(-c5ccc(C(F)(F)F)cc5C(F)(F)F)ccc43)c2C(=O)N1c1c(-c2ccccc2)cc(-c2ccccc2)cc1-c1ccccc1. The predicted molar refractivity (Wildman–Crippen MR) is 266 cm³/mol. The van der Waals surface area contributed by atoms with Gasteiger partial charge in [0, 0.05) is 21.9 Å². The number of fused-ring (bicyclic) bond motifs is 4. The van der Waals surface area contributed by atoms with Gasteiger partial charge in [0.15, 0.2) is 0 Å². The van der Waals surface area contributed by atoms with Gasteiger partial charge in [-0.2, -0.15) is 52.7 Å². The van der Waals surface area contributed by atoms with E-state index in [9.17, 15) is 52.7 Å². The molecule has 4 nitrogen and oxygen atoms in total. The minimum absolute atomic E-state index is 0.0169. The van der Waals surface area contributed by atoms with Crippen molar-refractivity contribution in [3.8, 4) is 61.3 Å². The third kappa shape index (κ3) is 8.52. The molecule has 76 heavy (non-hydrogen) atoms. The number of anilines is 1. The van der Waals surface area contributed by atoms with Crippen LogP contribution in [0.25, 0.3) is 83.1 Å². The monoisotopic (exact) mass is 1040 g/mol. The van der Waals surface area contributed by atoms with Gasteiger partial charge in [-0.25, -0.2) is 4.90 Å². The first kappa shape index (κ1) is 49.3. The second-order valence-corrected chi connectivity index (χ2v) is 18.0. The number of carbonyl (C=O) groups excluding carboxylic acids is 2. The van der Waals surface area contributed by atoms with Gasteiger partial charge in [-0.1, -0.05) is 121 Å². The van der Waals surface area contributed by atoms with Crippen molar-refractivity contribution in [1.82, 2.24) is 4.57 Å².